The summed E-state index contributed by atoms with van der Waals surface area (Å²) in [7, 11) is 0. The Morgan fingerprint density at radius 2 is 1.69 bits per heavy atom. The molecule has 9 nitrogen and oxygen atoms in total. The Labute approximate surface area is 185 Å². The minimum absolute atomic E-state index is 0.302. The Kier molecular flexibility index (Phi) is 6.25. The molecule has 9 heteroatoms. The number of amides is 5. The molecule has 0 spiro atoms. The van der Waals surface area contributed by atoms with Gasteiger partial charge in [0.15, 0.2) is 0 Å². The number of rotatable bonds is 6. The van der Waals surface area contributed by atoms with E-state index in [1.54, 1.807) is 24.3 Å². The highest BCUT2D eigenvalue weighted by Gasteiger charge is 2.49. The minimum atomic E-state index is -1.36. The summed E-state index contributed by atoms with van der Waals surface area (Å²) in [5, 5.41) is 16.7. The monoisotopic (exact) mass is 433 g/mol. The lowest BCUT2D eigenvalue weighted by Gasteiger charge is -2.22. The van der Waals surface area contributed by atoms with Crippen molar-refractivity contribution in [1.29, 1.82) is 5.26 Å². The van der Waals surface area contributed by atoms with Crippen LogP contribution in [-0.2, 0) is 19.9 Å². The average molecular weight is 433 g/mol. The summed E-state index contributed by atoms with van der Waals surface area (Å²) in [6.45, 7) is 4.44. The van der Waals surface area contributed by atoms with E-state index in [2.05, 4.69) is 16.0 Å². The van der Waals surface area contributed by atoms with Crippen LogP contribution in [0.3, 0.4) is 0 Å². The third-order valence-corrected chi connectivity index (χ3v) is 5.36. The standard InChI is InChI=1S/C23H23N5O4/c1-14-5-4-6-15(2)20(14)26-18(29)12-25-19(30)13-28-21(31)23(3,27-22(28)32)17-9-7-16(11-24)8-10-17/h4-10H,12-13H2,1-3H3,(H,25,30)(H,26,29)(H,27,32). The van der Waals surface area contributed by atoms with E-state index >= 15 is 0 Å². The van der Waals surface area contributed by atoms with Gasteiger partial charge in [-0.1, -0.05) is 30.3 Å². The quantitative estimate of drug-likeness (QED) is 0.597. The number of nitrogens with zero attached hydrogens (tertiary/aromatic N) is 2. The largest absolute Gasteiger partial charge is 0.345 e. The first-order valence-corrected chi connectivity index (χ1v) is 9.93. The van der Waals surface area contributed by atoms with E-state index < -0.39 is 35.8 Å². The Balaban J connectivity index is 1.60. The zero-order valence-electron chi connectivity index (χ0n) is 18.0. The van der Waals surface area contributed by atoms with Crippen LogP contribution in [-0.4, -0.2) is 41.7 Å². The molecule has 1 heterocycles. The summed E-state index contributed by atoms with van der Waals surface area (Å²) in [5.41, 5.74) is 2.02. The van der Waals surface area contributed by atoms with Crippen LogP contribution in [0.1, 0.15) is 29.2 Å². The Hall–Kier alpha value is -4.19. The predicted octanol–water partition coefficient (Wildman–Crippen LogP) is 1.70. The molecule has 2 aromatic rings. The van der Waals surface area contributed by atoms with E-state index in [-0.39, 0.29) is 6.54 Å². The molecular formula is C23H23N5O4. The van der Waals surface area contributed by atoms with Gasteiger partial charge in [-0.15, -0.1) is 0 Å². The van der Waals surface area contributed by atoms with Crippen LogP contribution < -0.4 is 16.0 Å². The van der Waals surface area contributed by atoms with Crippen LogP contribution in [0.15, 0.2) is 42.5 Å². The predicted molar refractivity (Wildman–Crippen MR) is 116 cm³/mol. The summed E-state index contributed by atoms with van der Waals surface area (Å²) in [6.07, 6.45) is 0. The molecule has 0 bridgehead atoms. The van der Waals surface area contributed by atoms with Crippen molar-refractivity contribution < 1.29 is 19.2 Å². The van der Waals surface area contributed by atoms with Crippen molar-refractivity contribution in [1.82, 2.24) is 15.5 Å². The van der Waals surface area contributed by atoms with Gasteiger partial charge in [0.25, 0.3) is 5.91 Å². The van der Waals surface area contributed by atoms with E-state index in [0.717, 1.165) is 16.0 Å². The van der Waals surface area contributed by atoms with Gasteiger partial charge in [-0.05, 0) is 49.6 Å². The van der Waals surface area contributed by atoms with Crippen LogP contribution in [0.5, 0.6) is 0 Å². The lowest BCUT2D eigenvalue weighted by atomic mass is 9.91. The zero-order valence-corrected chi connectivity index (χ0v) is 18.0. The molecule has 1 unspecified atom stereocenters. The summed E-state index contributed by atoms with van der Waals surface area (Å²) >= 11 is 0. The second kappa shape index (κ2) is 8.89. The van der Waals surface area contributed by atoms with Crippen molar-refractivity contribution in [2.45, 2.75) is 26.3 Å². The van der Waals surface area contributed by atoms with Crippen molar-refractivity contribution >= 4 is 29.4 Å². The van der Waals surface area contributed by atoms with E-state index in [9.17, 15) is 19.2 Å². The number of anilines is 1. The van der Waals surface area contributed by atoms with Crippen LogP contribution in [0, 0.1) is 25.2 Å². The molecule has 1 saturated heterocycles. The molecule has 5 amide bonds. The van der Waals surface area contributed by atoms with Crippen molar-refractivity contribution in [3.05, 3.63) is 64.7 Å². The molecule has 32 heavy (non-hydrogen) atoms. The third kappa shape index (κ3) is 4.44. The molecule has 164 valence electrons. The number of nitrogens with one attached hydrogen (secondary N) is 3. The smallest absolute Gasteiger partial charge is 0.325 e. The van der Waals surface area contributed by atoms with Crippen LogP contribution >= 0.6 is 0 Å². The maximum Gasteiger partial charge on any atom is 0.325 e. The van der Waals surface area contributed by atoms with Crippen molar-refractivity contribution in [3.63, 3.8) is 0 Å². The lowest BCUT2D eigenvalue weighted by Crippen LogP contribution is -2.44. The fourth-order valence-corrected chi connectivity index (χ4v) is 3.49. The summed E-state index contributed by atoms with van der Waals surface area (Å²) in [4.78, 5) is 50.6. The number of benzene rings is 2. The number of imide groups is 1. The SMILES string of the molecule is Cc1cccc(C)c1NC(=O)CNC(=O)CN1C(=O)NC(C)(c2ccc(C#N)cc2)C1=O. The second-order valence-corrected chi connectivity index (χ2v) is 7.73. The number of para-hydroxylation sites is 1. The van der Waals surface area contributed by atoms with Gasteiger partial charge in [-0.25, -0.2) is 4.79 Å². The summed E-state index contributed by atoms with van der Waals surface area (Å²) in [5.74, 6) is -1.66. The highest BCUT2D eigenvalue weighted by molar-refractivity contribution is 6.09. The maximum atomic E-state index is 12.9. The van der Waals surface area contributed by atoms with Gasteiger partial charge in [-0.2, -0.15) is 5.26 Å². The molecule has 1 aliphatic heterocycles. The minimum Gasteiger partial charge on any atom is -0.345 e. The fraction of sp³-hybridized carbons (Fsp3) is 0.261. The number of carbonyl (C=O) groups is 4. The summed E-state index contributed by atoms with van der Waals surface area (Å²) < 4.78 is 0. The van der Waals surface area contributed by atoms with E-state index in [0.29, 0.717) is 16.8 Å². The lowest BCUT2D eigenvalue weighted by molar-refractivity contribution is -0.135. The van der Waals surface area contributed by atoms with Crippen molar-refractivity contribution in [2.75, 3.05) is 18.4 Å². The maximum absolute atomic E-state index is 12.9. The van der Waals surface area contributed by atoms with Gasteiger partial charge in [0.05, 0.1) is 18.2 Å². The first kappa shape index (κ1) is 22.5. The highest BCUT2D eigenvalue weighted by Crippen LogP contribution is 2.28. The zero-order chi connectivity index (χ0) is 23.5. The van der Waals surface area contributed by atoms with Gasteiger partial charge in [0, 0.05) is 5.69 Å². The molecule has 3 rings (SSSR count). The molecule has 1 atom stereocenters. The first-order chi connectivity index (χ1) is 15.2. The van der Waals surface area contributed by atoms with Crippen LogP contribution in [0.4, 0.5) is 10.5 Å². The molecular weight excluding hydrogens is 410 g/mol. The van der Waals surface area contributed by atoms with E-state index in [1.807, 2.05) is 38.1 Å². The number of aryl methyl sites for hydroxylation is 2. The fourth-order valence-electron chi connectivity index (χ4n) is 3.49. The van der Waals surface area contributed by atoms with Crippen LogP contribution in [0.2, 0.25) is 0 Å². The first-order valence-electron chi connectivity index (χ1n) is 9.93. The van der Waals surface area contributed by atoms with Gasteiger partial charge >= 0.3 is 6.03 Å². The highest BCUT2D eigenvalue weighted by atomic mass is 16.2. The number of urea groups is 1. The third-order valence-electron chi connectivity index (χ3n) is 5.36. The van der Waals surface area contributed by atoms with Crippen LogP contribution in [0.25, 0.3) is 0 Å². The molecule has 1 fully saturated rings. The molecule has 1 aliphatic rings. The Morgan fingerprint density at radius 3 is 2.28 bits per heavy atom. The Morgan fingerprint density at radius 1 is 1.06 bits per heavy atom. The molecule has 0 aliphatic carbocycles. The number of hydrogen-bond acceptors (Lipinski definition) is 5. The normalized spacial score (nSPS) is 17.5. The molecule has 2 aromatic carbocycles. The molecule has 0 aromatic heterocycles. The number of hydrogen-bond donors (Lipinski definition) is 3. The molecule has 3 N–H and O–H groups in total. The molecule has 0 radical (unpaired) electrons. The summed E-state index contributed by atoms with van der Waals surface area (Å²) in [6, 6.07) is 13.1. The van der Waals surface area contributed by atoms with Gasteiger partial charge in [0.2, 0.25) is 11.8 Å². The average Bonchev–Trinajstić information content (AvgIpc) is 2.99. The van der Waals surface area contributed by atoms with Gasteiger partial charge in [-0.3, -0.25) is 19.3 Å². The van der Waals surface area contributed by atoms with Gasteiger partial charge < -0.3 is 16.0 Å². The van der Waals surface area contributed by atoms with Crippen molar-refractivity contribution in [2.24, 2.45) is 0 Å². The number of nitriles is 1. The van der Waals surface area contributed by atoms with Gasteiger partial charge in [0.1, 0.15) is 12.1 Å². The number of carbonyl (C=O) groups excluding carboxylic acids is 4. The Bertz CT molecular complexity index is 1120. The van der Waals surface area contributed by atoms with Crippen molar-refractivity contribution in [3.8, 4) is 6.07 Å². The van der Waals surface area contributed by atoms with E-state index in [1.165, 1.54) is 6.92 Å². The topological polar surface area (TPSA) is 131 Å². The molecule has 0 saturated carbocycles. The second-order valence-electron chi connectivity index (χ2n) is 7.73. The van der Waals surface area contributed by atoms with E-state index in [4.69, 9.17) is 5.26 Å².